The maximum Gasteiger partial charge on any atom is 0.273 e. The highest BCUT2D eigenvalue weighted by Crippen LogP contribution is 2.07. The molecule has 0 spiro atoms. The summed E-state index contributed by atoms with van der Waals surface area (Å²) in [5, 5.41) is 18.3. The highest BCUT2D eigenvalue weighted by molar-refractivity contribution is 5.92. The summed E-state index contributed by atoms with van der Waals surface area (Å²) in [6, 6.07) is 3.32. The number of piperazine rings is 1. The number of amides is 1. The lowest BCUT2D eigenvalue weighted by atomic mass is 10.2. The molecular weight excluding hydrogens is 194 g/mol. The van der Waals surface area contributed by atoms with E-state index >= 15 is 0 Å². The van der Waals surface area contributed by atoms with Crippen LogP contribution in [0.3, 0.4) is 0 Å². The van der Waals surface area contributed by atoms with Crippen LogP contribution in [0.15, 0.2) is 12.3 Å². The lowest BCUT2D eigenvalue weighted by molar-refractivity contribution is 0.0681. The average molecular weight is 205 g/mol. The third kappa shape index (κ3) is 1.82. The van der Waals surface area contributed by atoms with Gasteiger partial charge in [-0.2, -0.15) is 10.4 Å². The number of hydrogen-bond donors (Lipinski definition) is 2. The molecule has 0 aromatic carbocycles. The molecule has 6 heteroatoms. The number of aromatic amines is 1. The van der Waals surface area contributed by atoms with Gasteiger partial charge >= 0.3 is 0 Å². The molecule has 1 aromatic rings. The number of rotatable bonds is 1. The van der Waals surface area contributed by atoms with Gasteiger partial charge in [-0.05, 0) is 6.07 Å². The van der Waals surface area contributed by atoms with Gasteiger partial charge in [0, 0.05) is 25.8 Å². The summed E-state index contributed by atoms with van der Waals surface area (Å²) < 4.78 is 0. The van der Waals surface area contributed by atoms with Crippen molar-refractivity contribution >= 4 is 5.91 Å². The van der Waals surface area contributed by atoms with E-state index < -0.39 is 6.04 Å². The van der Waals surface area contributed by atoms with Crippen LogP contribution >= 0.6 is 0 Å². The van der Waals surface area contributed by atoms with Crippen molar-refractivity contribution in [2.45, 2.75) is 6.04 Å². The van der Waals surface area contributed by atoms with Gasteiger partial charge in [-0.15, -0.1) is 0 Å². The van der Waals surface area contributed by atoms with Crippen LogP contribution in [0, 0.1) is 11.3 Å². The maximum absolute atomic E-state index is 11.9. The molecule has 1 aliphatic rings. The average Bonchev–Trinajstić information content (AvgIpc) is 2.81. The Morgan fingerprint density at radius 2 is 2.60 bits per heavy atom. The summed E-state index contributed by atoms with van der Waals surface area (Å²) in [4.78, 5) is 13.5. The van der Waals surface area contributed by atoms with Crippen LogP contribution in [0.1, 0.15) is 10.5 Å². The van der Waals surface area contributed by atoms with Crippen molar-refractivity contribution in [3.8, 4) is 6.07 Å². The van der Waals surface area contributed by atoms with Crippen LogP contribution in [-0.4, -0.2) is 46.7 Å². The van der Waals surface area contributed by atoms with Crippen molar-refractivity contribution in [2.24, 2.45) is 0 Å². The quantitative estimate of drug-likeness (QED) is 0.638. The first-order valence-corrected chi connectivity index (χ1v) is 4.73. The summed E-state index contributed by atoms with van der Waals surface area (Å²) >= 11 is 0. The SMILES string of the molecule is N#CC1CNCCN1C(=O)c1ccn[nH]1. The molecule has 0 saturated carbocycles. The summed E-state index contributed by atoms with van der Waals surface area (Å²) in [5.41, 5.74) is 0.428. The second-order valence-electron chi connectivity index (χ2n) is 3.32. The van der Waals surface area contributed by atoms with Crippen LogP contribution in [0.5, 0.6) is 0 Å². The molecule has 1 fully saturated rings. The molecule has 2 N–H and O–H groups in total. The number of hydrogen-bond acceptors (Lipinski definition) is 4. The lowest BCUT2D eigenvalue weighted by Gasteiger charge is -2.31. The number of carbonyl (C=O) groups is 1. The van der Waals surface area contributed by atoms with Gasteiger partial charge in [0.25, 0.3) is 5.91 Å². The summed E-state index contributed by atoms with van der Waals surface area (Å²) in [7, 11) is 0. The molecule has 2 heterocycles. The Labute approximate surface area is 86.9 Å². The molecule has 0 aliphatic carbocycles. The number of nitriles is 1. The van der Waals surface area contributed by atoms with Crippen molar-refractivity contribution in [1.82, 2.24) is 20.4 Å². The molecular formula is C9H11N5O. The molecule has 1 aliphatic heterocycles. The molecule has 1 saturated heterocycles. The Kier molecular flexibility index (Phi) is 2.65. The highest BCUT2D eigenvalue weighted by atomic mass is 16.2. The van der Waals surface area contributed by atoms with Gasteiger partial charge in [0.05, 0.1) is 6.07 Å². The number of H-pyrrole nitrogens is 1. The van der Waals surface area contributed by atoms with Gasteiger partial charge < -0.3 is 10.2 Å². The van der Waals surface area contributed by atoms with E-state index in [1.54, 1.807) is 11.0 Å². The monoisotopic (exact) mass is 205 g/mol. The van der Waals surface area contributed by atoms with Crippen molar-refractivity contribution in [2.75, 3.05) is 19.6 Å². The fraction of sp³-hybridized carbons (Fsp3) is 0.444. The minimum atomic E-state index is -0.394. The molecule has 1 amide bonds. The Bertz CT molecular complexity index is 380. The minimum Gasteiger partial charge on any atom is -0.319 e. The standard InChI is InChI=1S/C9H11N5O/c10-5-7-6-11-3-4-14(7)9(15)8-1-2-12-13-8/h1-2,7,11H,3-4,6H2,(H,12,13). The Morgan fingerprint density at radius 3 is 3.27 bits per heavy atom. The topological polar surface area (TPSA) is 84.8 Å². The van der Waals surface area contributed by atoms with Crippen molar-refractivity contribution in [3.05, 3.63) is 18.0 Å². The molecule has 1 atom stereocenters. The Morgan fingerprint density at radius 1 is 1.73 bits per heavy atom. The molecule has 2 rings (SSSR count). The first-order valence-electron chi connectivity index (χ1n) is 4.73. The normalized spacial score (nSPS) is 21.0. The zero-order valence-electron chi connectivity index (χ0n) is 8.10. The third-order valence-corrected chi connectivity index (χ3v) is 2.38. The van der Waals surface area contributed by atoms with Crippen LogP contribution in [0.2, 0.25) is 0 Å². The maximum atomic E-state index is 11.9. The van der Waals surface area contributed by atoms with Crippen LogP contribution in [0.25, 0.3) is 0 Å². The molecule has 1 aromatic heterocycles. The van der Waals surface area contributed by atoms with E-state index in [1.807, 2.05) is 0 Å². The second kappa shape index (κ2) is 4.11. The molecule has 1 unspecified atom stereocenters. The predicted octanol–water partition coefficient (Wildman–Crippen LogP) is -0.653. The largest absolute Gasteiger partial charge is 0.319 e. The third-order valence-electron chi connectivity index (χ3n) is 2.38. The van der Waals surface area contributed by atoms with Gasteiger partial charge in [-0.3, -0.25) is 9.89 Å². The molecule has 6 nitrogen and oxygen atoms in total. The fourth-order valence-corrected chi connectivity index (χ4v) is 1.59. The number of nitrogens with one attached hydrogen (secondary N) is 2. The zero-order valence-corrected chi connectivity index (χ0v) is 8.10. The van der Waals surface area contributed by atoms with Gasteiger partial charge in [0.1, 0.15) is 11.7 Å². The van der Waals surface area contributed by atoms with E-state index in [-0.39, 0.29) is 5.91 Å². The van der Waals surface area contributed by atoms with Crippen molar-refractivity contribution in [1.29, 1.82) is 5.26 Å². The molecule has 15 heavy (non-hydrogen) atoms. The molecule has 0 bridgehead atoms. The Balaban J connectivity index is 2.15. The van der Waals surface area contributed by atoms with E-state index in [2.05, 4.69) is 21.6 Å². The first kappa shape index (κ1) is 9.68. The highest BCUT2D eigenvalue weighted by Gasteiger charge is 2.27. The number of nitrogens with zero attached hydrogens (tertiary/aromatic N) is 3. The second-order valence-corrected chi connectivity index (χ2v) is 3.32. The first-order chi connectivity index (χ1) is 7.33. The summed E-state index contributed by atoms with van der Waals surface area (Å²) in [5.74, 6) is -0.166. The molecule has 0 radical (unpaired) electrons. The Hall–Kier alpha value is -1.87. The van der Waals surface area contributed by atoms with E-state index in [9.17, 15) is 4.79 Å². The van der Waals surface area contributed by atoms with Gasteiger partial charge in [-0.1, -0.05) is 0 Å². The summed E-state index contributed by atoms with van der Waals surface area (Å²) in [6.07, 6.45) is 1.52. The fourth-order valence-electron chi connectivity index (χ4n) is 1.59. The summed E-state index contributed by atoms with van der Waals surface area (Å²) in [6.45, 7) is 1.80. The van der Waals surface area contributed by atoms with Crippen LogP contribution in [-0.2, 0) is 0 Å². The van der Waals surface area contributed by atoms with Gasteiger partial charge in [0.2, 0.25) is 0 Å². The zero-order chi connectivity index (χ0) is 10.7. The van der Waals surface area contributed by atoms with Crippen LogP contribution < -0.4 is 5.32 Å². The van der Waals surface area contributed by atoms with Gasteiger partial charge in [0.15, 0.2) is 0 Å². The van der Waals surface area contributed by atoms with E-state index in [0.717, 1.165) is 6.54 Å². The number of aromatic nitrogens is 2. The lowest BCUT2D eigenvalue weighted by Crippen LogP contribution is -2.53. The van der Waals surface area contributed by atoms with Crippen molar-refractivity contribution < 1.29 is 4.79 Å². The minimum absolute atomic E-state index is 0.166. The van der Waals surface area contributed by atoms with Crippen molar-refractivity contribution in [3.63, 3.8) is 0 Å². The van der Waals surface area contributed by atoms with E-state index in [1.165, 1.54) is 6.20 Å². The molecule has 78 valence electrons. The van der Waals surface area contributed by atoms with E-state index in [0.29, 0.717) is 18.8 Å². The predicted molar refractivity (Wildman–Crippen MR) is 51.9 cm³/mol. The van der Waals surface area contributed by atoms with Gasteiger partial charge in [-0.25, -0.2) is 0 Å². The van der Waals surface area contributed by atoms with Crippen LogP contribution in [0.4, 0.5) is 0 Å². The smallest absolute Gasteiger partial charge is 0.273 e. The van der Waals surface area contributed by atoms with E-state index in [4.69, 9.17) is 5.26 Å². The number of carbonyl (C=O) groups excluding carboxylic acids is 1.